The van der Waals surface area contributed by atoms with E-state index in [4.69, 9.17) is 0 Å². The van der Waals surface area contributed by atoms with Gasteiger partial charge in [0.2, 0.25) is 5.91 Å². The molecule has 1 N–H and O–H groups in total. The van der Waals surface area contributed by atoms with Gasteiger partial charge in [0.15, 0.2) is 5.82 Å². The maximum atomic E-state index is 12.2. The Morgan fingerprint density at radius 3 is 2.79 bits per heavy atom. The van der Waals surface area contributed by atoms with E-state index in [2.05, 4.69) is 15.2 Å². The van der Waals surface area contributed by atoms with Crippen LogP contribution in [0.1, 0.15) is 49.7 Å². The van der Waals surface area contributed by atoms with Gasteiger partial charge in [-0.25, -0.2) is 4.98 Å². The van der Waals surface area contributed by atoms with Crippen LogP contribution in [0, 0.1) is 11.8 Å². The molecule has 1 aromatic heterocycles. The Labute approximate surface area is 112 Å². The van der Waals surface area contributed by atoms with Gasteiger partial charge in [-0.2, -0.15) is 5.10 Å². The maximum absolute atomic E-state index is 12.2. The van der Waals surface area contributed by atoms with Gasteiger partial charge in [-0.05, 0) is 43.9 Å². The highest BCUT2D eigenvalue weighted by molar-refractivity contribution is 5.78. The maximum Gasteiger partial charge on any atom is 0.230 e. The number of hydrogen-bond acceptors (Lipinski definition) is 3. The Bertz CT molecular complexity index is 489. The van der Waals surface area contributed by atoms with Gasteiger partial charge in [0, 0.05) is 19.0 Å². The number of carbonyl (C=O) groups is 1. The molecule has 2 heterocycles. The molecule has 5 heteroatoms. The molecule has 3 aliphatic rings. The van der Waals surface area contributed by atoms with E-state index in [1.165, 1.54) is 32.1 Å². The van der Waals surface area contributed by atoms with Crippen LogP contribution in [-0.2, 0) is 11.2 Å². The summed E-state index contributed by atoms with van der Waals surface area (Å²) in [5.41, 5.74) is 0. The van der Waals surface area contributed by atoms with E-state index < -0.39 is 0 Å². The van der Waals surface area contributed by atoms with E-state index >= 15 is 0 Å². The minimum Gasteiger partial charge on any atom is -0.342 e. The zero-order valence-electron chi connectivity index (χ0n) is 11.1. The minimum absolute atomic E-state index is 0.210. The fourth-order valence-electron chi connectivity index (χ4n) is 3.13. The Kier molecular flexibility index (Phi) is 2.60. The predicted octanol–water partition coefficient (Wildman–Crippen LogP) is 1.48. The van der Waals surface area contributed by atoms with Gasteiger partial charge in [-0.3, -0.25) is 9.89 Å². The first-order valence-electron chi connectivity index (χ1n) is 7.48. The lowest BCUT2D eigenvalue weighted by atomic mass is 10.0. The summed E-state index contributed by atoms with van der Waals surface area (Å²) in [6, 6.07) is 0. The molecule has 19 heavy (non-hydrogen) atoms. The number of rotatable bonds is 4. The summed E-state index contributed by atoms with van der Waals surface area (Å²) in [5, 5.41) is 7.12. The van der Waals surface area contributed by atoms with Crippen LogP contribution in [0.5, 0.6) is 0 Å². The summed E-state index contributed by atoms with van der Waals surface area (Å²) in [6.07, 6.45) is 6.72. The molecule has 0 radical (unpaired) electrons. The van der Waals surface area contributed by atoms with Gasteiger partial charge < -0.3 is 4.90 Å². The van der Waals surface area contributed by atoms with E-state index in [0.717, 1.165) is 36.6 Å². The average Bonchev–Trinajstić information content (AvgIpc) is 3.34. The largest absolute Gasteiger partial charge is 0.342 e. The van der Waals surface area contributed by atoms with Crippen LogP contribution in [0.25, 0.3) is 0 Å². The number of H-pyrrole nitrogens is 1. The lowest BCUT2D eigenvalue weighted by Crippen LogP contribution is -2.30. The fraction of sp³-hybridized carbons (Fsp3) is 0.786. The van der Waals surface area contributed by atoms with Gasteiger partial charge >= 0.3 is 0 Å². The highest BCUT2D eigenvalue weighted by atomic mass is 16.2. The summed E-state index contributed by atoms with van der Waals surface area (Å²) >= 11 is 0. The second kappa shape index (κ2) is 4.32. The molecule has 1 saturated heterocycles. The van der Waals surface area contributed by atoms with Crippen molar-refractivity contribution in [3.63, 3.8) is 0 Å². The average molecular weight is 260 g/mol. The molecule has 1 amide bonds. The Morgan fingerprint density at radius 1 is 1.21 bits per heavy atom. The summed E-state index contributed by atoms with van der Waals surface area (Å²) in [6.45, 7) is 1.90. The number of likely N-dealkylation sites (tertiary alicyclic amines) is 1. The molecule has 1 atom stereocenters. The van der Waals surface area contributed by atoms with Crippen molar-refractivity contribution >= 4 is 5.91 Å². The molecule has 0 aromatic carbocycles. The van der Waals surface area contributed by atoms with Crippen molar-refractivity contribution in [1.82, 2.24) is 20.1 Å². The van der Waals surface area contributed by atoms with Crippen molar-refractivity contribution in [2.45, 2.75) is 44.4 Å². The van der Waals surface area contributed by atoms with Gasteiger partial charge in [-0.1, -0.05) is 0 Å². The molecule has 3 fully saturated rings. The normalized spacial score (nSPS) is 26.9. The fourth-order valence-corrected chi connectivity index (χ4v) is 3.13. The van der Waals surface area contributed by atoms with Crippen molar-refractivity contribution in [2.75, 3.05) is 13.1 Å². The van der Waals surface area contributed by atoms with E-state index in [1.54, 1.807) is 0 Å². The van der Waals surface area contributed by atoms with E-state index in [0.29, 0.717) is 12.3 Å². The van der Waals surface area contributed by atoms with Crippen LogP contribution >= 0.6 is 0 Å². The van der Waals surface area contributed by atoms with Gasteiger partial charge in [0.1, 0.15) is 5.82 Å². The molecule has 1 aliphatic heterocycles. The minimum atomic E-state index is 0.210. The first-order chi connectivity index (χ1) is 9.29. The number of aromatic nitrogens is 3. The van der Waals surface area contributed by atoms with Crippen LogP contribution < -0.4 is 0 Å². The SMILES string of the molecule is O=C(Cc1nc(C2CC2)n[nH]1)N1CCC(C2CC2)C1. The second-order valence-electron chi connectivity index (χ2n) is 6.32. The second-order valence-corrected chi connectivity index (χ2v) is 6.32. The standard InChI is InChI=1S/C14H20N4O/c19-13(18-6-5-11(8-18)9-1-2-9)7-12-15-14(17-16-12)10-3-4-10/h9-11H,1-8H2,(H,15,16,17). The molecule has 1 unspecified atom stereocenters. The Hall–Kier alpha value is -1.39. The summed E-state index contributed by atoms with van der Waals surface area (Å²) in [7, 11) is 0. The van der Waals surface area contributed by atoms with Crippen LogP contribution in [-0.4, -0.2) is 39.1 Å². The van der Waals surface area contributed by atoms with Gasteiger partial charge in [0.05, 0.1) is 6.42 Å². The molecule has 5 nitrogen and oxygen atoms in total. The highest BCUT2D eigenvalue weighted by Crippen LogP contribution is 2.41. The third-order valence-electron chi connectivity index (χ3n) is 4.68. The summed E-state index contributed by atoms with van der Waals surface area (Å²) in [4.78, 5) is 18.7. The van der Waals surface area contributed by atoms with E-state index in [1.807, 2.05) is 4.90 Å². The van der Waals surface area contributed by atoms with Crippen molar-refractivity contribution in [2.24, 2.45) is 11.8 Å². The van der Waals surface area contributed by atoms with Crippen molar-refractivity contribution in [1.29, 1.82) is 0 Å². The van der Waals surface area contributed by atoms with Crippen molar-refractivity contribution in [3.8, 4) is 0 Å². The van der Waals surface area contributed by atoms with Crippen LogP contribution in [0.15, 0.2) is 0 Å². The lowest BCUT2D eigenvalue weighted by Gasteiger charge is -2.15. The van der Waals surface area contributed by atoms with Gasteiger partial charge in [-0.15, -0.1) is 0 Å². The molecule has 4 rings (SSSR count). The van der Waals surface area contributed by atoms with Crippen molar-refractivity contribution in [3.05, 3.63) is 11.6 Å². The molecular weight excluding hydrogens is 240 g/mol. The van der Waals surface area contributed by atoms with E-state index in [-0.39, 0.29) is 5.91 Å². The number of hydrogen-bond donors (Lipinski definition) is 1. The molecule has 0 spiro atoms. The predicted molar refractivity (Wildman–Crippen MR) is 69.5 cm³/mol. The number of amides is 1. The molecular formula is C14H20N4O. The Morgan fingerprint density at radius 2 is 2.05 bits per heavy atom. The number of nitrogens with zero attached hydrogens (tertiary/aromatic N) is 3. The topological polar surface area (TPSA) is 61.9 Å². The zero-order chi connectivity index (χ0) is 12.8. The highest BCUT2D eigenvalue weighted by Gasteiger charge is 2.37. The molecule has 102 valence electrons. The molecule has 2 saturated carbocycles. The zero-order valence-corrected chi connectivity index (χ0v) is 11.1. The lowest BCUT2D eigenvalue weighted by molar-refractivity contribution is -0.129. The smallest absolute Gasteiger partial charge is 0.230 e. The first kappa shape index (κ1) is 11.4. The van der Waals surface area contributed by atoms with Crippen molar-refractivity contribution < 1.29 is 4.79 Å². The quantitative estimate of drug-likeness (QED) is 0.892. The van der Waals surface area contributed by atoms with E-state index in [9.17, 15) is 4.79 Å². The number of aromatic amines is 1. The van der Waals surface area contributed by atoms with Crippen LogP contribution in [0.2, 0.25) is 0 Å². The third-order valence-corrected chi connectivity index (χ3v) is 4.68. The Balaban J connectivity index is 1.34. The number of nitrogens with one attached hydrogen (secondary N) is 1. The summed E-state index contributed by atoms with van der Waals surface area (Å²) < 4.78 is 0. The third kappa shape index (κ3) is 2.38. The van der Waals surface area contributed by atoms with Crippen LogP contribution in [0.3, 0.4) is 0 Å². The molecule has 1 aromatic rings. The monoisotopic (exact) mass is 260 g/mol. The molecule has 2 aliphatic carbocycles. The first-order valence-corrected chi connectivity index (χ1v) is 7.48. The summed E-state index contributed by atoms with van der Waals surface area (Å²) in [5.74, 6) is 4.07. The van der Waals surface area contributed by atoms with Crippen LogP contribution in [0.4, 0.5) is 0 Å². The molecule has 0 bridgehead atoms. The number of carbonyl (C=O) groups excluding carboxylic acids is 1. The van der Waals surface area contributed by atoms with Gasteiger partial charge in [0.25, 0.3) is 0 Å².